The number of ether oxygens (including phenoxy) is 1. The van der Waals surface area contributed by atoms with Crippen LogP contribution < -0.4 is 10.1 Å². The molecule has 0 bridgehead atoms. The smallest absolute Gasteiger partial charge is 0.118 e. The van der Waals surface area contributed by atoms with Gasteiger partial charge in [0.2, 0.25) is 0 Å². The molecule has 2 aromatic rings. The number of nitrogens with one attached hydrogen (secondary N) is 1. The van der Waals surface area contributed by atoms with Crippen molar-refractivity contribution in [2.45, 2.75) is 39.3 Å². The van der Waals surface area contributed by atoms with Gasteiger partial charge in [-0.3, -0.25) is 4.68 Å². The van der Waals surface area contributed by atoms with Crippen LogP contribution in [0.4, 0.5) is 0 Å². The fourth-order valence-corrected chi connectivity index (χ4v) is 2.46. The standard InChI is InChI=1S/C17H25N3O/c1-4-17(18-5-2)15-12-19-20(13-15)11-10-14-6-8-16(21-3)9-7-14/h6-9,12-13,17-18H,4-5,10-11H2,1-3H3. The Morgan fingerprint density at radius 2 is 2.00 bits per heavy atom. The van der Waals surface area contributed by atoms with Gasteiger partial charge in [-0.05, 0) is 37.1 Å². The van der Waals surface area contributed by atoms with Crippen molar-refractivity contribution in [1.82, 2.24) is 15.1 Å². The zero-order chi connectivity index (χ0) is 15.1. The first kappa shape index (κ1) is 15.6. The molecule has 1 aromatic heterocycles. The summed E-state index contributed by atoms with van der Waals surface area (Å²) in [6.45, 7) is 6.21. The minimum absolute atomic E-state index is 0.407. The quantitative estimate of drug-likeness (QED) is 0.810. The highest BCUT2D eigenvalue weighted by molar-refractivity contribution is 5.27. The average Bonchev–Trinajstić information content (AvgIpc) is 3.00. The summed E-state index contributed by atoms with van der Waals surface area (Å²) < 4.78 is 7.20. The van der Waals surface area contributed by atoms with Crippen LogP contribution in [0.2, 0.25) is 0 Å². The lowest BCUT2D eigenvalue weighted by molar-refractivity contribution is 0.414. The van der Waals surface area contributed by atoms with Crippen molar-refractivity contribution in [2.24, 2.45) is 0 Å². The molecule has 1 unspecified atom stereocenters. The highest BCUT2D eigenvalue weighted by Gasteiger charge is 2.09. The number of hydrogen-bond acceptors (Lipinski definition) is 3. The van der Waals surface area contributed by atoms with Gasteiger partial charge in [-0.15, -0.1) is 0 Å². The number of benzene rings is 1. The molecule has 0 amide bonds. The van der Waals surface area contributed by atoms with Crippen molar-refractivity contribution in [3.05, 3.63) is 47.8 Å². The van der Waals surface area contributed by atoms with Gasteiger partial charge in [0.05, 0.1) is 13.3 Å². The van der Waals surface area contributed by atoms with Crippen LogP contribution in [0.15, 0.2) is 36.7 Å². The maximum absolute atomic E-state index is 5.17. The van der Waals surface area contributed by atoms with Gasteiger partial charge in [0.15, 0.2) is 0 Å². The molecule has 0 radical (unpaired) electrons. The van der Waals surface area contributed by atoms with Gasteiger partial charge in [-0.1, -0.05) is 26.0 Å². The second-order valence-corrected chi connectivity index (χ2v) is 5.15. The molecule has 21 heavy (non-hydrogen) atoms. The molecule has 0 spiro atoms. The molecule has 2 rings (SSSR count). The molecule has 0 saturated heterocycles. The van der Waals surface area contributed by atoms with Crippen molar-refractivity contribution in [3.63, 3.8) is 0 Å². The maximum atomic E-state index is 5.17. The van der Waals surface area contributed by atoms with Gasteiger partial charge in [0.1, 0.15) is 5.75 Å². The molecule has 0 fully saturated rings. The third-order valence-corrected chi connectivity index (χ3v) is 3.70. The third-order valence-electron chi connectivity index (χ3n) is 3.70. The first-order chi connectivity index (χ1) is 10.3. The van der Waals surface area contributed by atoms with Gasteiger partial charge in [-0.2, -0.15) is 5.10 Å². The summed E-state index contributed by atoms with van der Waals surface area (Å²) in [5.74, 6) is 0.900. The number of nitrogens with zero attached hydrogens (tertiary/aromatic N) is 2. The van der Waals surface area contributed by atoms with Gasteiger partial charge in [0.25, 0.3) is 0 Å². The Hall–Kier alpha value is -1.81. The normalized spacial score (nSPS) is 12.3. The number of hydrogen-bond donors (Lipinski definition) is 1. The average molecular weight is 287 g/mol. The molecule has 4 heteroatoms. The topological polar surface area (TPSA) is 39.1 Å². The van der Waals surface area contributed by atoms with E-state index >= 15 is 0 Å². The lowest BCUT2D eigenvalue weighted by Crippen LogP contribution is -2.19. The molecular weight excluding hydrogens is 262 g/mol. The van der Waals surface area contributed by atoms with Gasteiger partial charge in [-0.25, -0.2) is 0 Å². The van der Waals surface area contributed by atoms with Crippen LogP contribution >= 0.6 is 0 Å². The van der Waals surface area contributed by atoms with E-state index in [4.69, 9.17) is 4.74 Å². The summed E-state index contributed by atoms with van der Waals surface area (Å²) in [6, 6.07) is 8.63. The molecule has 1 aromatic carbocycles. The monoisotopic (exact) mass is 287 g/mol. The molecule has 114 valence electrons. The summed E-state index contributed by atoms with van der Waals surface area (Å²) in [5, 5.41) is 7.95. The second-order valence-electron chi connectivity index (χ2n) is 5.15. The van der Waals surface area contributed by atoms with E-state index in [1.165, 1.54) is 11.1 Å². The molecule has 1 heterocycles. The minimum Gasteiger partial charge on any atom is -0.497 e. The molecule has 1 atom stereocenters. The molecular formula is C17H25N3O. The van der Waals surface area contributed by atoms with E-state index in [0.29, 0.717) is 6.04 Å². The lowest BCUT2D eigenvalue weighted by Gasteiger charge is -2.13. The van der Waals surface area contributed by atoms with Gasteiger partial charge >= 0.3 is 0 Å². The zero-order valence-corrected chi connectivity index (χ0v) is 13.2. The Labute approximate surface area is 127 Å². The molecule has 0 aliphatic heterocycles. The predicted octanol–water partition coefficient (Wildman–Crippen LogP) is 3.20. The van der Waals surface area contributed by atoms with Gasteiger partial charge < -0.3 is 10.1 Å². The number of aryl methyl sites for hydroxylation is 2. The predicted molar refractivity (Wildman–Crippen MR) is 85.6 cm³/mol. The Bertz CT molecular complexity index is 533. The van der Waals surface area contributed by atoms with E-state index in [1.54, 1.807) is 7.11 Å². The SMILES string of the molecule is CCNC(CC)c1cnn(CCc2ccc(OC)cc2)c1. The molecule has 1 N–H and O–H groups in total. The summed E-state index contributed by atoms with van der Waals surface area (Å²) in [5.41, 5.74) is 2.57. The van der Waals surface area contributed by atoms with E-state index in [1.807, 2.05) is 23.0 Å². The summed E-state index contributed by atoms with van der Waals surface area (Å²) in [6.07, 6.45) is 6.19. The van der Waals surface area contributed by atoms with E-state index in [2.05, 4.69) is 42.6 Å². The lowest BCUT2D eigenvalue weighted by atomic mass is 10.1. The van der Waals surface area contributed by atoms with Crippen LogP contribution in [-0.2, 0) is 13.0 Å². The van der Waals surface area contributed by atoms with Crippen LogP contribution in [0.25, 0.3) is 0 Å². The maximum Gasteiger partial charge on any atom is 0.118 e. The Morgan fingerprint density at radius 1 is 1.24 bits per heavy atom. The van der Waals surface area contributed by atoms with Crippen LogP contribution in [0.5, 0.6) is 5.75 Å². The Kier molecular flexibility index (Phi) is 5.81. The van der Waals surface area contributed by atoms with Crippen molar-refractivity contribution in [3.8, 4) is 5.75 Å². The first-order valence-electron chi connectivity index (χ1n) is 7.65. The van der Waals surface area contributed by atoms with E-state index in [0.717, 1.165) is 31.7 Å². The fourth-order valence-electron chi connectivity index (χ4n) is 2.46. The van der Waals surface area contributed by atoms with E-state index in [9.17, 15) is 0 Å². The van der Waals surface area contributed by atoms with E-state index < -0.39 is 0 Å². The second kappa shape index (κ2) is 7.84. The van der Waals surface area contributed by atoms with Crippen molar-refractivity contribution >= 4 is 0 Å². The third kappa shape index (κ3) is 4.33. The minimum atomic E-state index is 0.407. The van der Waals surface area contributed by atoms with Gasteiger partial charge in [0, 0.05) is 24.3 Å². The fraction of sp³-hybridized carbons (Fsp3) is 0.471. The van der Waals surface area contributed by atoms with Crippen molar-refractivity contribution in [2.75, 3.05) is 13.7 Å². The summed E-state index contributed by atoms with van der Waals surface area (Å²) >= 11 is 0. The number of aromatic nitrogens is 2. The molecule has 0 aliphatic carbocycles. The van der Waals surface area contributed by atoms with E-state index in [-0.39, 0.29) is 0 Å². The first-order valence-corrected chi connectivity index (χ1v) is 7.65. The summed E-state index contributed by atoms with van der Waals surface area (Å²) in [4.78, 5) is 0. The molecule has 0 saturated carbocycles. The number of rotatable bonds is 8. The van der Waals surface area contributed by atoms with Crippen molar-refractivity contribution in [1.29, 1.82) is 0 Å². The highest BCUT2D eigenvalue weighted by Crippen LogP contribution is 2.16. The Balaban J connectivity index is 1.92. The van der Waals surface area contributed by atoms with Crippen LogP contribution in [0.3, 0.4) is 0 Å². The van der Waals surface area contributed by atoms with Crippen LogP contribution in [0.1, 0.15) is 37.4 Å². The largest absolute Gasteiger partial charge is 0.497 e. The number of methoxy groups -OCH3 is 1. The molecule has 4 nitrogen and oxygen atoms in total. The summed E-state index contributed by atoms with van der Waals surface area (Å²) in [7, 11) is 1.69. The van der Waals surface area contributed by atoms with Crippen LogP contribution in [0, 0.1) is 0 Å². The molecule has 0 aliphatic rings. The van der Waals surface area contributed by atoms with Crippen LogP contribution in [-0.4, -0.2) is 23.4 Å². The zero-order valence-electron chi connectivity index (χ0n) is 13.2. The highest BCUT2D eigenvalue weighted by atomic mass is 16.5. The Morgan fingerprint density at radius 3 is 2.62 bits per heavy atom. The van der Waals surface area contributed by atoms with Crippen molar-refractivity contribution < 1.29 is 4.74 Å².